The number of ether oxygens (including phenoxy) is 1. The van der Waals surface area contributed by atoms with Crippen molar-refractivity contribution in [2.75, 3.05) is 26.7 Å². The van der Waals surface area contributed by atoms with Crippen LogP contribution in [0.3, 0.4) is 0 Å². The number of carbonyl (C=O) groups is 1. The number of piperidine rings is 1. The molecule has 1 fully saturated rings. The Labute approximate surface area is 139 Å². The van der Waals surface area contributed by atoms with Gasteiger partial charge in [-0.2, -0.15) is 0 Å². The van der Waals surface area contributed by atoms with Gasteiger partial charge in [-0.15, -0.1) is 0 Å². The SMILES string of the molecule is CO[C@@H](C)CNC(=O)NC1CCN(Cc2cccc(C)c2)CC1. The molecule has 0 bridgehead atoms. The van der Waals surface area contributed by atoms with E-state index in [1.807, 2.05) is 6.92 Å². The maximum absolute atomic E-state index is 11.9. The average molecular weight is 319 g/mol. The van der Waals surface area contributed by atoms with Crippen LogP contribution < -0.4 is 10.6 Å². The standard InChI is InChI=1S/C18H29N3O2/c1-14-5-4-6-16(11-14)13-21-9-7-17(8-10-21)20-18(22)19-12-15(2)23-3/h4-6,11,15,17H,7-10,12-13H2,1-3H3,(H2,19,20,22)/t15-/m0/s1. The molecule has 0 aromatic heterocycles. The number of nitrogens with zero attached hydrogens (tertiary/aromatic N) is 1. The zero-order chi connectivity index (χ0) is 16.7. The second-order valence-electron chi connectivity index (χ2n) is 6.44. The van der Waals surface area contributed by atoms with Gasteiger partial charge in [-0.05, 0) is 32.3 Å². The van der Waals surface area contributed by atoms with Crippen molar-refractivity contribution < 1.29 is 9.53 Å². The summed E-state index contributed by atoms with van der Waals surface area (Å²) >= 11 is 0. The summed E-state index contributed by atoms with van der Waals surface area (Å²) < 4.78 is 5.12. The van der Waals surface area contributed by atoms with Gasteiger partial charge in [0.2, 0.25) is 0 Å². The first-order valence-corrected chi connectivity index (χ1v) is 8.42. The van der Waals surface area contributed by atoms with Gasteiger partial charge in [-0.25, -0.2) is 4.79 Å². The number of rotatable bonds is 6. The molecule has 5 heteroatoms. The van der Waals surface area contributed by atoms with Gasteiger partial charge in [0.05, 0.1) is 6.10 Å². The lowest BCUT2D eigenvalue weighted by molar-refractivity contribution is 0.118. The second kappa shape index (κ2) is 8.89. The number of aryl methyl sites for hydroxylation is 1. The van der Waals surface area contributed by atoms with E-state index in [9.17, 15) is 4.79 Å². The number of nitrogens with one attached hydrogen (secondary N) is 2. The summed E-state index contributed by atoms with van der Waals surface area (Å²) in [6, 6.07) is 8.84. The van der Waals surface area contributed by atoms with Crippen LogP contribution in [0, 0.1) is 6.92 Å². The summed E-state index contributed by atoms with van der Waals surface area (Å²) in [6.45, 7) is 7.63. The molecule has 2 amide bonds. The van der Waals surface area contributed by atoms with Crippen molar-refractivity contribution in [2.24, 2.45) is 0 Å². The number of benzene rings is 1. The average Bonchev–Trinajstić information content (AvgIpc) is 2.54. The number of carbonyl (C=O) groups excluding carboxylic acids is 1. The van der Waals surface area contributed by atoms with E-state index in [0.29, 0.717) is 6.54 Å². The predicted octanol–water partition coefficient (Wildman–Crippen LogP) is 2.29. The van der Waals surface area contributed by atoms with E-state index < -0.39 is 0 Å². The van der Waals surface area contributed by atoms with Crippen LogP contribution in [0.4, 0.5) is 4.79 Å². The van der Waals surface area contributed by atoms with Gasteiger partial charge in [0.25, 0.3) is 0 Å². The van der Waals surface area contributed by atoms with Crippen LogP contribution in [0.15, 0.2) is 24.3 Å². The number of hydrogen-bond donors (Lipinski definition) is 2. The fourth-order valence-electron chi connectivity index (χ4n) is 2.86. The summed E-state index contributed by atoms with van der Waals surface area (Å²) in [5.74, 6) is 0. The van der Waals surface area contributed by atoms with E-state index in [2.05, 4.69) is 46.7 Å². The Morgan fingerprint density at radius 3 is 2.78 bits per heavy atom. The van der Waals surface area contributed by atoms with Crippen molar-refractivity contribution in [1.82, 2.24) is 15.5 Å². The largest absolute Gasteiger partial charge is 0.380 e. The molecule has 0 aliphatic carbocycles. The number of urea groups is 1. The molecule has 2 rings (SSSR count). The Morgan fingerprint density at radius 1 is 1.39 bits per heavy atom. The molecule has 1 aromatic rings. The summed E-state index contributed by atoms with van der Waals surface area (Å²) in [7, 11) is 1.65. The second-order valence-corrected chi connectivity index (χ2v) is 6.44. The summed E-state index contributed by atoms with van der Waals surface area (Å²) in [5, 5.41) is 5.91. The Morgan fingerprint density at radius 2 is 2.13 bits per heavy atom. The number of likely N-dealkylation sites (tertiary alicyclic amines) is 1. The molecule has 0 spiro atoms. The third kappa shape index (κ3) is 6.20. The van der Waals surface area contributed by atoms with Crippen molar-refractivity contribution in [3.05, 3.63) is 35.4 Å². The van der Waals surface area contributed by atoms with Gasteiger partial charge in [-0.3, -0.25) is 4.90 Å². The number of amides is 2. The minimum atomic E-state index is -0.0916. The lowest BCUT2D eigenvalue weighted by Gasteiger charge is -2.32. The van der Waals surface area contributed by atoms with Gasteiger partial charge in [-0.1, -0.05) is 29.8 Å². The molecule has 1 aliphatic heterocycles. The first-order chi connectivity index (χ1) is 11.1. The van der Waals surface area contributed by atoms with Crippen molar-refractivity contribution in [3.63, 3.8) is 0 Å². The summed E-state index contributed by atoms with van der Waals surface area (Å²) in [4.78, 5) is 14.3. The van der Waals surface area contributed by atoms with E-state index in [1.165, 1.54) is 11.1 Å². The molecule has 128 valence electrons. The Balaban J connectivity index is 1.68. The maximum atomic E-state index is 11.9. The molecular formula is C18H29N3O2. The molecule has 23 heavy (non-hydrogen) atoms. The predicted molar refractivity (Wildman–Crippen MR) is 92.5 cm³/mol. The van der Waals surface area contributed by atoms with Crippen molar-refractivity contribution in [1.29, 1.82) is 0 Å². The first-order valence-electron chi connectivity index (χ1n) is 8.42. The molecule has 5 nitrogen and oxygen atoms in total. The van der Waals surface area contributed by atoms with Gasteiger partial charge < -0.3 is 15.4 Å². The smallest absolute Gasteiger partial charge is 0.315 e. The van der Waals surface area contributed by atoms with Gasteiger partial charge in [0.15, 0.2) is 0 Å². The quantitative estimate of drug-likeness (QED) is 0.846. The van der Waals surface area contributed by atoms with Crippen LogP contribution in [0.25, 0.3) is 0 Å². The molecular weight excluding hydrogens is 290 g/mol. The van der Waals surface area contributed by atoms with Crippen molar-refractivity contribution in [2.45, 2.75) is 45.4 Å². The zero-order valence-corrected chi connectivity index (χ0v) is 14.5. The lowest BCUT2D eigenvalue weighted by atomic mass is 10.0. The van der Waals surface area contributed by atoms with E-state index in [0.717, 1.165) is 32.5 Å². The first kappa shape index (κ1) is 17.8. The fraction of sp³-hybridized carbons (Fsp3) is 0.611. The van der Waals surface area contributed by atoms with Crippen molar-refractivity contribution >= 4 is 6.03 Å². The van der Waals surface area contributed by atoms with Gasteiger partial charge in [0, 0.05) is 39.3 Å². The molecule has 1 heterocycles. The van der Waals surface area contributed by atoms with Crippen LogP contribution in [0.1, 0.15) is 30.9 Å². The molecule has 1 atom stereocenters. The highest BCUT2D eigenvalue weighted by atomic mass is 16.5. The highest BCUT2D eigenvalue weighted by Gasteiger charge is 2.20. The van der Waals surface area contributed by atoms with E-state index >= 15 is 0 Å². The van der Waals surface area contributed by atoms with Crippen LogP contribution in [-0.4, -0.2) is 49.8 Å². The van der Waals surface area contributed by atoms with E-state index in [4.69, 9.17) is 4.74 Å². The fourth-order valence-corrected chi connectivity index (χ4v) is 2.86. The molecule has 2 N–H and O–H groups in total. The minimum Gasteiger partial charge on any atom is -0.380 e. The Kier molecular flexibility index (Phi) is 6.86. The van der Waals surface area contributed by atoms with Crippen LogP contribution in [-0.2, 0) is 11.3 Å². The van der Waals surface area contributed by atoms with E-state index in [-0.39, 0.29) is 18.2 Å². The third-order valence-corrected chi connectivity index (χ3v) is 4.36. The molecule has 1 aromatic carbocycles. The summed E-state index contributed by atoms with van der Waals surface area (Å²) in [6.07, 6.45) is 2.04. The summed E-state index contributed by atoms with van der Waals surface area (Å²) in [5.41, 5.74) is 2.67. The van der Waals surface area contributed by atoms with Gasteiger partial charge in [0.1, 0.15) is 0 Å². The van der Waals surface area contributed by atoms with Crippen LogP contribution in [0.5, 0.6) is 0 Å². The van der Waals surface area contributed by atoms with Crippen LogP contribution >= 0.6 is 0 Å². The third-order valence-electron chi connectivity index (χ3n) is 4.36. The minimum absolute atomic E-state index is 0.0388. The molecule has 1 saturated heterocycles. The topological polar surface area (TPSA) is 53.6 Å². The zero-order valence-electron chi connectivity index (χ0n) is 14.5. The highest BCUT2D eigenvalue weighted by molar-refractivity contribution is 5.74. The maximum Gasteiger partial charge on any atom is 0.315 e. The van der Waals surface area contributed by atoms with Gasteiger partial charge >= 0.3 is 6.03 Å². The Hall–Kier alpha value is -1.59. The highest BCUT2D eigenvalue weighted by Crippen LogP contribution is 2.14. The van der Waals surface area contributed by atoms with Crippen molar-refractivity contribution in [3.8, 4) is 0 Å². The molecule has 0 unspecified atom stereocenters. The monoisotopic (exact) mass is 319 g/mol. The number of methoxy groups -OCH3 is 1. The molecule has 0 radical (unpaired) electrons. The number of hydrogen-bond acceptors (Lipinski definition) is 3. The normalized spacial score (nSPS) is 17.7. The Bertz CT molecular complexity index is 499. The molecule has 1 aliphatic rings. The van der Waals surface area contributed by atoms with Crippen LogP contribution in [0.2, 0.25) is 0 Å². The lowest BCUT2D eigenvalue weighted by Crippen LogP contribution is -2.48. The van der Waals surface area contributed by atoms with E-state index in [1.54, 1.807) is 7.11 Å². The molecule has 0 saturated carbocycles.